The van der Waals surface area contributed by atoms with E-state index in [1.165, 1.54) is 7.05 Å². The van der Waals surface area contributed by atoms with Crippen molar-refractivity contribution in [2.45, 2.75) is 13.3 Å². The molecule has 1 N–H and O–H groups in total. The summed E-state index contributed by atoms with van der Waals surface area (Å²) >= 11 is 0. The average Bonchev–Trinajstić information content (AvgIpc) is 2.16. The third kappa shape index (κ3) is 2.06. The molecule has 3 heteroatoms. The van der Waals surface area contributed by atoms with Gasteiger partial charge in [-0.05, 0) is 12.1 Å². The van der Waals surface area contributed by atoms with Crippen LogP contribution < -0.4 is 5.06 Å². The number of benzene rings is 1. The number of hydrogen-bond acceptors (Lipinski definition) is 3. The molecule has 0 bridgehead atoms. The molecule has 0 aliphatic rings. The van der Waals surface area contributed by atoms with Gasteiger partial charge in [0.15, 0.2) is 5.78 Å². The van der Waals surface area contributed by atoms with Crippen molar-refractivity contribution in [2.24, 2.45) is 0 Å². The van der Waals surface area contributed by atoms with E-state index in [1.54, 1.807) is 31.2 Å². The van der Waals surface area contributed by atoms with Crippen molar-refractivity contribution in [1.29, 1.82) is 0 Å². The molecule has 70 valence electrons. The number of hydrogen-bond donors (Lipinski definition) is 1. The van der Waals surface area contributed by atoms with E-state index >= 15 is 0 Å². The first-order valence-corrected chi connectivity index (χ1v) is 4.21. The van der Waals surface area contributed by atoms with Crippen LogP contribution in [0.15, 0.2) is 24.3 Å². The highest BCUT2D eigenvalue weighted by molar-refractivity contribution is 6.00. The zero-order valence-corrected chi connectivity index (χ0v) is 7.82. The fourth-order valence-corrected chi connectivity index (χ4v) is 1.18. The van der Waals surface area contributed by atoms with Gasteiger partial charge in [-0.3, -0.25) is 15.1 Å². The average molecular weight is 179 g/mol. The van der Waals surface area contributed by atoms with Gasteiger partial charge in [0.2, 0.25) is 0 Å². The second kappa shape index (κ2) is 4.05. The maximum Gasteiger partial charge on any atom is 0.164 e. The molecule has 1 rings (SSSR count). The Balaban J connectivity index is 3.12. The van der Waals surface area contributed by atoms with E-state index in [9.17, 15) is 10.0 Å². The second-order valence-corrected chi connectivity index (χ2v) is 2.82. The van der Waals surface area contributed by atoms with E-state index < -0.39 is 0 Å². The van der Waals surface area contributed by atoms with Crippen LogP contribution >= 0.6 is 0 Å². The number of anilines is 1. The van der Waals surface area contributed by atoms with E-state index in [0.29, 0.717) is 17.7 Å². The van der Waals surface area contributed by atoms with Crippen LogP contribution in [0.25, 0.3) is 0 Å². The Kier molecular flexibility index (Phi) is 3.03. The molecule has 0 unspecified atom stereocenters. The largest absolute Gasteiger partial charge is 0.294 e. The van der Waals surface area contributed by atoms with E-state index in [1.807, 2.05) is 0 Å². The highest BCUT2D eigenvalue weighted by Gasteiger charge is 2.10. The Hall–Kier alpha value is -1.35. The van der Waals surface area contributed by atoms with Gasteiger partial charge in [0, 0.05) is 19.0 Å². The zero-order valence-electron chi connectivity index (χ0n) is 7.82. The summed E-state index contributed by atoms with van der Waals surface area (Å²) in [5.74, 6) is 0.0384. The van der Waals surface area contributed by atoms with E-state index in [4.69, 9.17) is 0 Å². The van der Waals surface area contributed by atoms with Crippen LogP contribution in [0.1, 0.15) is 23.7 Å². The molecule has 0 heterocycles. The van der Waals surface area contributed by atoms with Crippen molar-refractivity contribution in [3.05, 3.63) is 29.8 Å². The molecule has 1 aromatic carbocycles. The van der Waals surface area contributed by atoms with Crippen LogP contribution in [0.3, 0.4) is 0 Å². The molecule has 0 spiro atoms. The molecule has 0 saturated carbocycles. The molecule has 0 fully saturated rings. The van der Waals surface area contributed by atoms with Crippen LogP contribution in [0.4, 0.5) is 5.69 Å². The molecule has 0 aromatic heterocycles. The normalized spacial score (nSPS) is 9.77. The fourth-order valence-electron chi connectivity index (χ4n) is 1.18. The van der Waals surface area contributed by atoms with Crippen LogP contribution in [-0.4, -0.2) is 18.0 Å². The standard InChI is InChI=1S/C10H13NO2/c1-3-10(12)8-6-4-5-7-9(8)11(2)13/h4-7,13H,3H2,1-2H3. The first-order valence-electron chi connectivity index (χ1n) is 4.21. The maximum atomic E-state index is 11.4. The highest BCUT2D eigenvalue weighted by atomic mass is 16.5. The smallest absolute Gasteiger partial charge is 0.164 e. The quantitative estimate of drug-likeness (QED) is 0.570. The molecule has 0 aliphatic heterocycles. The first kappa shape index (κ1) is 9.74. The van der Waals surface area contributed by atoms with Gasteiger partial charge < -0.3 is 0 Å². The Labute approximate surface area is 77.6 Å². The van der Waals surface area contributed by atoms with Gasteiger partial charge in [-0.15, -0.1) is 0 Å². The second-order valence-electron chi connectivity index (χ2n) is 2.82. The number of para-hydroxylation sites is 1. The van der Waals surface area contributed by atoms with Crippen molar-refractivity contribution in [3.8, 4) is 0 Å². The van der Waals surface area contributed by atoms with Gasteiger partial charge >= 0.3 is 0 Å². The predicted molar refractivity (Wildman–Crippen MR) is 51.3 cm³/mol. The molecule has 0 amide bonds. The number of Topliss-reactive ketones (excluding diaryl/α,β-unsaturated/α-hetero) is 1. The third-order valence-electron chi connectivity index (χ3n) is 1.87. The Morgan fingerprint density at radius 1 is 1.46 bits per heavy atom. The highest BCUT2D eigenvalue weighted by Crippen LogP contribution is 2.18. The number of carbonyl (C=O) groups excluding carboxylic acids is 1. The van der Waals surface area contributed by atoms with Crippen molar-refractivity contribution >= 4 is 11.5 Å². The number of ketones is 1. The number of carbonyl (C=O) groups is 1. The topological polar surface area (TPSA) is 40.5 Å². The van der Waals surface area contributed by atoms with Gasteiger partial charge in [0.1, 0.15) is 0 Å². The van der Waals surface area contributed by atoms with Gasteiger partial charge in [-0.25, -0.2) is 0 Å². The zero-order chi connectivity index (χ0) is 9.84. The van der Waals surface area contributed by atoms with Gasteiger partial charge in [-0.1, -0.05) is 19.1 Å². The lowest BCUT2D eigenvalue weighted by Crippen LogP contribution is -2.14. The fraction of sp³-hybridized carbons (Fsp3) is 0.300. The summed E-state index contributed by atoms with van der Waals surface area (Å²) in [6.45, 7) is 1.80. The summed E-state index contributed by atoms with van der Waals surface area (Å²) in [6, 6.07) is 7.00. The van der Waals surface area contributed by atoms with E-state index in [-0.39, 0.29) is 5.78 Å². The van der Waals surface area contributed by atoms with Crippen molar-refractivity contribution in [2.75, 3.05) is 12.1 Å². The van der Waals surface area contributed by atoms with E-state index in [0.717, 1.165) is 5.06 Å². The minimum Gasteiger partial charge on any atom is -0.294 e. The molecule has 0 atom stereocenters. The van der Waals surface area contributed by atoms with Crippen molar-refractivity contribution in [3.63, 3.8) is 0 Å². The summed E-state index contributed by atoms with van der Waals surface area (Å²) in [6.07, 6.45) is 0.449. The molecular formula is C10H13NO2. The number of nitrogens with zero attached hydrogens (tertiary/aromatic N) is 1. The summed E-state index contributed by atoms with van der Waals surface area (Å²) in [5, 5.41) is 10.2. The van der Waals surface area contributed by atoms with Crippen molar-refractivity contribution < 1.29 is 10.0 Å². The van der Waals surface area contributed by atoms with E-state index in [2.05, 4.69) is 0 Å². The van der Waals surface area contributed by atoms with Crippen LogP contribution in [-0.2, 0) is 0 Å². The van der Waals surface area contributed by atoms with Crippen LogP contribution in [0.2, 0.25) is 0 Å². The summed E-state index contributed by atoms with van der Waals surface area (Å²) < 4.78 is 0. The van der Waals surface area contributed by atoms with Crippen molar-refractivity contribution in [1.82, 2.24) is 0 Å². The minimum atomic E-state index is 0.0384. The first-order chi connectivity index (χ1) is 6.16. The molecule has 0 aliphatic carbocycles. The van der Waals surface area contributed by atoms with Crippen LogP contribution in [0, 0.1) is 0 Å². The van der Waals surface area contributed by atoms with Crippen LogP contribution in [0.5, 0.6) is 0 Å². The lowest BCUT2D eigenvalue weighted by molar-refractivity contribution is 0.0987. The summed E-state index contributed by atoms with van der Waals surface area (Å²) in [4.78, 5) is 11.4. The molecule has 0 saturated heterocycles. The lowest BCUT2D eigenvalue weighted by atomic mass is 10.1. The lowest BCUT2D eigenvalue weighted by Gasteiger charge is -2.13. The third-order valence-corrected chi connectivity index (χ3v) is 1.87. The van der Waals surface area contributed by atoms with Gasteiger partial charge in [0.05, 0.1) is 5.69 Å². The maximum absolute atomic E-state index is 11.4. The Morgan fingerprint density at radius 3 is 2.62 bits per heavy atom. The number of rotatable bonds is 3. The van der Waals surface area contributed by atoms with Gasteiger partial charge in [0.25, 0.3) is 0 Å². The summed E-state index contributed by atoms with van der Waals surface area (Å²) in [5.41, 5.74) is 1.12. The summed E-state index contributed by atoms with van der Waals surface area (Å²) in [7, 11) is 1.50. The molecule has 13 heavy (non-hydrogen) atoms. The Morgan fingerprint density at radius 2 is 2.08 bits per heavy atom. The SMILES string of the molecule is CCC(=O)c1ccccc1N(C)O. The minimum absolute atomic E-state index is 0.0384. The predicted octanol–water partition coefficient (Wildman–Crippen LogP) is 2.10. The molecular weight excluding hydrogens is 166 g/mol. The molecule has 1 aromatic rings. The van der Waals surface area contributed by atoms with Gasteiger partial charge in [-0.2, -0.15) is 0 Å². The Bertz CT molecular complexity index is 308. The molecule has 3 nitrogen and oxygen atoms in total. The molecule has 0 radical (unpaired) electrons. The monoisotopic (exact) mass is 179 g/mol. The number of hydroxylamine groups is 1.